The molecule has 0 saturated carbocycles. The molecule has 0 aliphatic rings. The monoisotopic (exact) mass is 191 g/mol. The largest absolute Gasteiger partial charge is 0.382 e. The van der Waals surface area contributed by atoms with Crippen LogP contribution in [0.3, 0.4) is 0 Å². The van der Waals surface area contributed by atoms with E-state index in [1.807, 2.05) is 0 Å². The fourth-order valence-electron chi connectivity index (χ4n) is 1.29. The zero-order valence-corrected chi connectivity index (χ0v) is 7.85. The Morgan fingerprint density at radius 2 is 2.14 bits per heavy atom. The number of nitrogens with zero attached hydrogens (tertiary/aromatic N) is 4. The minimum atomic E-state index is -0.171. The molecule has 2 aromatic rings. The van der Waals surface area contributed by atoms with Crippen molar-refractivity contribution in [2.24, 2.45) is 7.05 Å². The summed E-state index contributed by atoms with van der Waals surface area (Å²) >= 11 is 0. The van der Waals surface area contributed by atoms with Crippen molar-refractivity contribution in [1.82, 2.24) is 19.5 Å². The molecule has 0 spiro atoms. The lowest BCUT2D eigenvalue weighted by molar-refractivity contribution is 0.852. The number of hydrogen-bond acceptors (Lipinski definition) is 5. The van der Waals surface area contributed by atoms with Gasteiger partial charge in [0.05, 0.1) is 0 Å². The van der Waals surface area contributed by atoms with Crippen LogP contribution in [0.5, 0.6) is 0 Å². The lowest BCUT2D eigenvalue weighted by Crippen LogP contribution is -2.22. The number of rotatable bonds is 0. The summed E-state index contributed by atoms with van der Waals surface area (Å²) in [5.41, 5.74) is 6.75. The van der Waals surface area contributed by atoms with Crippen molar-refractivity contribution in [3.05, 3.63) is 22.4 Å². The normalized spacial score (nSPS) is 10.7. The summed E-state index contributed by atoms with van der Waals surface area (Å²) in [6.07, 6.45) is 1.31. The van der Waals surface area contributed by atoms with Gasteiger partial charge in [-0.25, -0.2) is 15.0 Å². The molecule has 2 rings (SSSR count). The van der Waals surface area contributed by atoms with Gasteiger partial charge in [0, 0.05) is 7.05 Å². The maximum Gasteiger partial charge on any atom is 0.273 e. The van der Waals surface area contributed by atoms with E-state index in [2.05, 4.69) is 15.0 Å². The average molecular weight is 191 g/mol. The third-order valence-corrected chi connectivity index (χ3v) is 2.04. The minimum absolute atomic E-state index is 0.171. The quantitative estimate of drug-likeness (QED) is 0.613. The first-order chi connectivity index (χ1) is 6.61. The SMILES string of the molecule is Cc1nc2c(N)ncnc2n(C)c1=O. The third-order valence-electron chi connectivity index (χ3n) is 2.04. The molecule has 0 fully saturated rings. The lowest BCUT2D eigenvalue weighted by atomic mass is 10.4. The van der Waals surface area contributed by atoms with Gasteiger partial charge >= 0.3 is 0 Å². The topological polar surface area (TPSA) is 86.7 Å². The number of aromatic nitrogens is 4. The van der Waals surface area contributed by atoms with Crippen molar-refractivity contribution in [3.8, 4) is 0 Å². The molecule has 0 aliphatic heterocycles. The van der Waals surface area contributed by atoms with Gasteiger partial charge in [0.25, 0.3) is 5.56 Å². The fraction of sp³-hybridized carbons (Fsp3) is 0.250. The van der Waals surface area contributed by atoms with Crippen LogP contribution in [0.15, 0.2) is 11.1 Å². The number of anilines is 1. The van der Waals surface area contributed by atoms with Gasteiger partial charge in [-0.3, -0.25) is 9.36 Å². The molecule has 14 heavy (non-hydrogen) atoms. The Bertz CT molecular complexity index is 559. The summed E-state index contributed by atoms with van der Waals surface area (Å²) in [5.74, 6) is 0.286. The number of nitrogens with two attached hydrogens (primary N) is 1. The minimum Gasteiger partial charge on any atom is -0.382 e. The summed E-state index contributed by atoms with van der Waals surface area (Å²) in [6.45, 7) is 1.63. The van der Waals surface area contributed by atoms with E-state index in [1.165, 1.54) is 10.9 Å². The molecule has 6 nitrogen and oxygen atoms in total. The van der Waals surface area contributed by atoms with Gasteiger partial charge in [0.2, 0.25) is 0 Å². The third kappa shape index (κ3) is 1.04. The van der Waals surface area contributed by atoms with Gasteiger partial charge in [0.15, 0.2) is 11.5 Å². The van der Waals surface area contributed by atoms with Gasteiger partial charge in [0.1, 0.15) is 17.5 Å². The van der Waals surface area contributed by atoms with E-state index in [-0.39, 0.29) is 11.4 Å². The Hall–Kier alpha value is -1.98. The Morgan fingerprint density at radius 3 is 2.86 bits per heavy atom. The van der Waals surface area contributed by atoms with Crippen LogP contribution >= 0.6 is 0 Å². The van der Waals surface area contributed by atoms with Crippen molar-refractivity contribution in [2.45, 2.75) is 6.92 Å². The van der Waals surface area contributed by atoms with E-state index in [0.29, 0.717) is 16.9 Å². The molecule has 0 radical (unpaired) electrons. The van der Waals surface area contributed by atoms with E-state index in [0.717, 1.165) is 0 Å². The highest BCUT2D eigenvalue weighted by molar-refractivity contribution is 5.80. The smallest absolute Gasteiger partial charge is 0.273 e. The molecule has 0 amide bonds. The summed E-state index contributed by atoms with van der Waals surface area (Å²) in [6, 6.07) is 0. The Kier molecular flexibility index (Phi) is 1.70. The van der Waals surface area contributed by atoms with Crippen LogP contribution in [0.2, 0.25) is 0 Å². The highest BCUT2D eigenvalue weighted by Gasteiger charge is 2.08. The highest BCUT2D eigenvalue weighted by Crippen LogP contribution is 2.10. The lowest BCUT2D eigenvalue weighted by Gasteiger charge is -2.04. The van der Waals surface area contributed by atoms with E-state index in [1.54, 1.807) is 14.0 Å². The number of aryl methyl sites for hydroxylation is 2. The number of nitrogen functional groups attached to an aromatic ring is 1. The molecule has 6 heteroatoms. The molecule has 2 heterocycles. The summed E-state index contributed by atoms with van der Waals surface area (Å²) < 4.78 is 1.41. The molecule has 0 bridgehead atoms. The van der Waals surface area contributed by atoms with Gasteiger partial charge in [-0.15, -0.1) is 0 Å². The van der Waals surface area contributed by atoms with E-state index in [4.69, 9.17) is 5.73 Å². The molecule has 0 saturated heterocycles. The zero-order valence-electron chi connectivity index (χ0n) is 7.85. The molecule has 0 aromatic carbocycles. The molecule has 0 atom stereocenters. The van der Waals surface area contributed by atoms with Crippen molar-refractivity contribution < 1.29 is 0 Å². The molecule has 0 unspecified atom stereocenters. The second-order valence-corrected chi connectivity index (χ2v) is 2.99. The molecular formula is C8H9N5O. The van der Waals surface area contributed by atoms with Crippen molar-refractivity contribution in [2.75, 3.05) is 5.73 Å². The highest BCUT2D eigenvalue weighted by atomic mass is 16.1. The predicted molar refractivity (Wildman–Crippen MR) is 51.7 cm³/mol. The van der Waals surface area contributed by atoms with Gasteiger partial charge in [-0.05, 0) is 6.92 Å². The Morgan fingerprint density at radius 1 is 1.43 bits per heavy atom. The van der Waals surface area contributed by atoms with E-state index in [9.17, 15) is 4.79 Å². The van der Waals surface area contributed by atoms with Crippen LogP contribution in [-0.4, -0.2) is 19.5 Å². The predicted octanol–water partition coefficient (Wildman–Crippen LogP) is -0.386. The Labute approximate surface area is 79.4 Å². The fourth-order valence-corrected chi connectivity index (χ4v) is 1.29. The van der Waals surface area contributed by atoms with E-state index < -0.39 is 0 Å². The molecule has 0 aliphatic carbocycles. The molecular weight excluding hydrogens is 182 g/mol. The van der Waals surface area contributed by atoms with Gasteiger partial charge in [-0.2, -0.15) is 0 Å². The Balaban J connectivity index is 3.06. The maximum atomic E-state index is 11.5. The standard InChI is InChI=1S/C8H9N5O/c1-4-8(14)13(2)7-5(12-4)6(9)10-3-11-7/h3H,1-2H3,(H2,9,10,11). The van der Waals surface area contributed by atoms with Gasteiger partial charge < -0.3 is 5.73 Å². The first kappa shape index (κ1) is 8.61. The van der Waals surface area contributed by atoms with Crippen LogP contribution < -0.4 is 11.3 Å². The van der Waals surface area contributed by atoms with Crippen LogP contribution in [0.25, 0.3) is 11.2 Å². The molecule has 2 N–H and O–H groups in total. The van der Waals surface area contributed by atoms with Crippen molar-refractivity contribution >= 4 is 17.0 Å². The van der Waals surface area contributed by atoms with Crippen LogP contribution in [0, 0.1) is 6.92 Å². The van der Waals surface area contributed by atoms with Crippen molar-refractivity contribution in [1.29, 1.82) is 0 Å². The molecule has 2 aromatic heterocycles. The zero-order chi connectivity index (χ0) is 10.3. The number of hydrogen-bond donors (Lipinski definition) is 1. The first-order valence-electron chi connectivity index (χ1n) is 4.05. The second kappa shape index (κ2) is 2.76. The first-order valence-corrected chi connectivity index (χ1v) is 4.05. The van der Waals surface area contributed by atoms with E-state index >= 15 is 0 Å². The van der Waals surface area contributed by atoms with Crippen molar-refractivity contribution in [3.63, 3.8) is 0 Å². The maximum absolute atomic E-state index is 11.5. The molecule has 72 valence electrons. The van der Waals surface area contributed by atoms with Crippen LogP contribution in [-0.2, 0) is 7.05 Å². The van der Waals surface area contributed by atoms with Crippen LogP contribution in [0.1, 0.15) is 5.69 Å². The van der Waals surface area contributed by atoms with Gasteiger partial charge in [-0.1, -0.05) is 0 Å². The average Bonchev–Trinajstić information content (AvgIpc) is 2.17. The second-order valence-electron chi connectivity index (χ2n) is 2.99. The summed E-state index contributed by atoms with van der Waals surface area (Å²) in [5, 5.41) is 0. The van der Waals surface area contributed by atoms with Crippen LogP contribution in [0.4, 0.5) is 5.82 Å². The summed E-state index contributed by atoms with van der Waals surface area (Å²) in [7, 11) is 1.63. The summed E-state index contributed by atoms with van der Waals surface area (Å²) in [4.78, 5) is 23.3. The number of fused-ring (bicyclic) bond motifs is 1.